The van der Waals surface area contributed by atoms with Crippen LogP contribution in [0.5, 0.6) is 0 Å². The number of likely N-dealkylation sites (N-methyl/N-ethyl adjacent to an activating group) is 1. The van der Waals surface area contributed by atoms with Gasteiger partial charge in [0, 0.05) is 29.0 Å². The maximum Gasteiger partial charge on any atom is 0.316 e. The third kappa shape index (κ3) is 2.24. The topological polar surface area (TPSA) is 62.3 Å². The number of carbonyl (C=O) groups is 1. The molecule has 0 radical (unpaired) electrons. The summed E-state index contributed by atoms with van der Waals surface area (Å²) >= 11 is 0. The molecule has 3 aliphatic rings. The Hall–Kier alpha value is -1.43. The number of hydrogen-bond acceptors (Lipinski definition) is 5. The highest BCUT2D eigenvalue weighted by Crippen LogP contribution is 2.48. The second-order valence-corrected chi connectivity index (χ2v) is 6.28. The third-order valence-electron chi connectivity index (χ3n) is 5.00. The van der Waals surface area contributed by atoms with Crippen LogP contribution in [-0.4, -0.2) is 60.0 Å². The maximum atomic E-state index is 12.5. The Balaban J connectivity index is 1.44. The predicted molar refractivity (Wildman–Crippen MR) is 79.4 cm³/mol. The molecule has 3 saturated heterocycles. The van der Waals surface area contributed by atoms with Crippen molar-refractivity contribution in [1.82, 2.24) is 4.90 Å². The van der Waals surface area contributed by atoms with Gasteiger partial charge in [-0.15, -0.1) is 0 Å². The predicted octanol–water partition coefficient (Wildman–Crippen LogP) is 0.918. The molecule has 2 bridgehead atoms. The number of aliphatic hydroxyl groups excluding tert-OH is 1. The second kappa shape index (κ2) is 5.33. The molecule has 4 rings (SSSR count). The fraction of sp³-hybridized carbons (Fsp3) is 0.588. The number of esters is 1. The number of rotatable bonds is 4. The van der Waals surface area contributed by atoms with Crippen molar-refractivity contribution in [2.45, 2.75) is 49.2 Å². The van der Waals surface area contributed by atoms with E-state index >= 15 is 0 Å². The average Bonchev–Trinajstić information content (AvgIpc) is 3.31. The number of benzene rings is 1. The van der Waals surface area contributed by atoms with Gasteiger partial charge in [0.2, 0.25) is 0 Å². The van der Waals surface area contributed by atoms with Crippen molar-refractivity contribution in [3.63, 3.8) is 0 Å². The van der Waals surface area contributed by atoms with Crippen molar-refractivity contribution in [3.8, 4) is 0 Å². The van der Waals surface area contributed by atoms with Crippen LogP contribution < -0.4 is 0 Å². The lowest BCUT2D eigenvalue weighted by atomic mass is 9.97. The molecule has 118 valence electrons. The molecule has 1 unspecified atom stereocenters. The minimum Gasteiger partial charge on any atom is -0.462 e. The van der Waals surface area contributed by atoms with Gasteiger partial charge in [-0.05, 0) is 12.5 Å². The van der Waals surface area contributed by atoms with Gasteiger partial charge in [-0.25, -0.2) is 0 Å². The van der Waals surface area contributed by atoms with Gasteiger partial charge in [0.05, 0.1) is 6.61 Å². The molecule has 1 aromatic rings. The minimum absolute atomic E-state index is 0.0584. The van der Waals surface area contributed by atoms with E-state index in [2.05, 4.69) is 0 Å². The maximum absolute atomic E-state index is 12.5. The number of aliphatic hydroxyl groups is 1. The van der Waals surface area contributed by atoms with Crippen LogP contribution in [-0.2, 0) is 14.3 Å². The van der Waals surface area contributed by atoms with Gasteiger partial charge in [0.15, 0.2) is 0 Å². The lowest BCUT2D eigenvalue weighted by Crippen LogP contribution is -2.48. The van der Waals surface area contributed by atoms with Gasteiger partial charge in [-0.2, -0.15) is 0 Å². The van der Waals surface area contributed by atoms with E-state index < -0.39 is 18.9 Å². The molecule has 5 heteroatoms. The van der Waals surface area contributed by atoms with Crippen LogP contribution in [0.1, 0.15) is 28.4 Å². The summed E-state index contributed by atoms with van der Waals surface area (Å²) in [6.45, 7) is -2.48. The van der Waals surface area contributed by atoms with Crippen LogP contribution in [0.15, 0.2) is 30.3 Å². The summed E-state index contributed by atoms with van der Waals surface area (Å²) in [6, 6.07) is 8.56. The van der Waals surface area contributed by atoms with Gasteiger partial charge in [0.1, 0.15) is 24.2 Å². The summed E-state index contributed by atoms with van der Waals surface area (Å²) in [7, 11) is 0. The van der Waals surface area contributed by atoms with E-state index in [1.165, 1.54) is 0 Å². The quantitative estimate of drug-likeness (QED) is 0.662. The van der Waals surface area contributed by atoms with Crippen LogP contribution in [0.25, 0.3) is 0 Å². The van der Waals surface area contributed by atoms with Crippen LogP contribution in [0.3, 0.4) is 0 Å². The summed E-state index contributed by atoms with van der Waals surface area (Å²) in [5, 5.41) is 9.59. The molecule has 3 fully saturated rings. The van der Waals surface area contributed by atoms with E-state index in [4.69, 9.17) is 13.6 Å². The second-order valence-electron chi connectivity index (χ2n) is 6.28. The van der Waals surface area contributed by atoms with Crippen molar-refractivity contribution < 1.29 is 23.5 Å². The third-order valence-corrected chi connectivity index (χ3v) is 5.00. The van der Waals surface area contributed by atoms with Gasteiger partial charge < -0.3 is 14.6 Å². The lowest BCUT2D eigenvalue weighted by Gasteiger charge is -2.38. The number of epoxide rings is 1. The number of morpholine rings is 1. The Morgan fingerprint density at radius 3 is 2.68 bits per heavy atom. The molecule has 0 spiro atoms. The molecule has 22 heavy (non-hydrogen) atoms. The molecule has 5 nitrogen and oxygen atoms in total. The summed E-state index contributed by atoms with van der Waals surface area (Å²) in [6.07, 6.45) is 0.452. The van der Waals surface area contributed by atoms with Crippen molar-refractivity contribution in [2.75, 3.05) is 13.6 Å². The Morgan fingerprint density at radius 1 is 1.41 bits per heavy atom. The number of piperidine rings is 1. The standard InChI is InChI=1S/C17H21NO4/c1-18-13-7-11(8-14(18)16-15(13)22-16)21-17(20)12(9-19)10-5-3-2-4-6-10/h2-6,11-16,19H,7-9H2,1H3/t11?,12-,13+,14+,15-,16+/m1/s1/i1D3. The van der Waals surface area contributed by atoms with Crippen LogP contribution in [0, 0.1) is 0 Å². The minimum atomic E-state index is -2.15. The van der Waals surface area contributed by atoms with E-state index in [0.29, 0.717) is 18.4 Å². The molecule has 1 aromatic carbocycles. The first-order valence-electron chi connectivity index (χ1n) is 9.20. The first-order valence-corrected chi connectivity index (χ1v) is 7.70. The highest BCUT2D eigenvalue weighted by atomic mass is 16.6. The van der Waals surface area contributed by atoms with Crippen molar-refractivity contribution in [2.24, 2.45) is 0 Å². The molecule has 1 N–H and O–H groups in total. The highest BCUT2D eigenvalue weighted by molar-refractivity contribution is 5.78. The summed E-state index contributed by atoms with van der Waals surface area (Å²) < 4.78 is 34.4. The fourth-order valence-electron chi connectivity index (χ4n) is 3.79. The van der Waals surface area contributed by atoms with E-state index in [-0.39, 0.29) is 37.0 Å². The van der Waals surface area contributed by atoms with Crippen molar-refractivity contribution >= 4 is 5.97 Å². The van der Waals surface area contributed by atoms with Gasteiger partial charge in [-0.1, -0.05) is 30.3 Å². The van der Waals surface area contributed by atoms with E-state index in [9.17, 15) is 9.90 Å². The molecular weight excluding hydrogens is 282 g/mol. The fourth-order valence-corrected chi connectivity index (χ4v) is 3.79. The Kier molecular flexibility index (Phi) is 2.71. The monoisotopic (exact) mass is 306 g/mol. The molecule has 3 aliphatic heterocycles. The van der Waals surface area contributed by atoms with Crippen molar-refractivity contribution in [1.29, 1.82) is 0 Å². The molecule has 3 heterocycles. The van der Waals surface area contributed by atoms with Gasteiger partial charge in [0.25, 0.3) is 0 Å². The summed E-state index contributed by atoms with van der Waals surface area (Å²) in [4.78, 5) is 14.1. The zero-order chi connectivity index (χ0) is 17.8. The molecule has 0 amide bonds. The van der Waals surface area contributed by atoms with E-state index in [1.54, 1.807) is 17.0 Å². The summed E-state index contributed by atoms with van der Waals surface area (Å²) in [5.41, 5.74) is 0.712. The Labute approximate surface area is 134 Å². The average molecular weight is 306 g/mol. The molecule has 0 saturated carbocycles. The lowest BCUT2D eigenvalue weighted by molar-refractivity contribution is -0.156. The van der Waals surface area contributed by atoms with Crippen LogP contribution in [0.4, 0.5) is 0 Å². The SMILES string of the molecule is [2H]C([2H])([2H])N1[C@H]2CC(OC(=O)[C@H](CO)c3ccccc3)C[C@H]1[C@H]1O[C@H]12. The normalized spacial score (nSPS) is 40.0. The van der Waals surface area contributed by atoms with Gasteiger partial charge in [-0.3, -0.25) is 9.69 Å². The van der Waals surface area contributed by atoms with Crippen LogP contribution >= 0.6 is 0 Å². The molecule has 6 atom stereocenters. The zero-order valence-electron chi connectivity index (χ0n) is 15.1. The first-order chi connectivity index (χ1) is 11.9. The van der Waals surface area contributed by atoms with E-state index in [1.807, 2.05) is 18.2 Å². The number of carbonyl (C=O) groups excluding carboxylic acids is 1. The largest absolute Gasteiger partial charge is 0.462 e. The van der Waals surface area contributed by atoms with Crippen LogP contribution in [0.2, 0.25) is 0 Å². The smallest absolute Gasteiger partial charge is 0.316 e. The van der Waals surface area contributed by atoms with Gasteiger partial charge >= 0.3 is 5.97 Å². The number of fused-ring (bicyclic) bond motifs is 5. The molecule has 0 aliphatic carbocycles. The van der Waals surface area contributed by atoms with Crippen molar-refractivity contribution in [3.05, 3.63) is 35.9 Å². The molecule has 0 aromatic heterocycles. The Morgan fingerprint density at radius 2 is 2.09 bits per heavy atom. The number of hydrogen-bond donors (Lipinski definition) is 1. The molecular formula is C17H21NO4. The number of ether oxygens (including phenoxy) is 2. The number of nitrogens with zero attached hydrogens (tertiary/aromatic N) is 1. The van der Waals surface area contributed by atoms with E-state index in [0.717, 1.165) is 0 Å². The Bertz CT molecular complexity index is 635. The summed E-state index contributed by atoms with van der Waals surface area (Å²) in [5.74, 6) is -1.18. The highest BCUT2D eigenvalue weighted by Gasteiger charge is 2.62. The zero-order valence-corrected chi connectivity index (χ0v) is 12.1. The first kappa shape index (κ1) is 11.2.